The molecule has 1 heterocycles. The third kappa shape index (κ3) is 3.77. The molecule has 0 aliphatic carbocycles. The molecule has 23 heavy (non-hydrogen) atoms. The minimum Gasteiger partial charge on any atom is -0.348 e. The third-order valence-electron chi connectivity index (χ3n) is 4.23. The molecular weight excluding hydrogens is 291 g/mol. The summed E-state index contributed by atoms with van der Waals surface area (Å²) in [6.45, 7) is 3.73. The molecule has 1 unspecified atom stereocenters. The minimum atomic E-state index is -0.482. The highest BCUT2D eigenvalue weighted by molar-refractivity contribution is 5.95. The lowest BCUT2D eigenvalue weighted by molar-refractivity contribution is 0.0926. The first-order chi connectivity index (χ1) is 11.1. The second-order valence-electron chi connectivity index (χ2n) is 6.08. The SMILES string of the molecule is Cc1ccc(-c2ccc(C(=O)NC3CCCNC3)c(F)c2)cc1. The zero-order valence-electron chi connectivity index (χ0n) is 13.2. The number of rotatable bonds is 3. The van der Waals surface area contributed by atoms with Crippen LogP contribution >= 0.6 is 0 Å². The van der Waals surface area contributed by atoms with Crippen LogP contribution in [0.5, 0.6) is 0 Å². The summed E-state index contributed by atoms with van der Waals surface area (Å²) in [7, 11) is 0. The third-order valence-corrected chi connectivity index (χ3v) is 4.23. The normalized spacial score (nSPS) is 17.7. The molecule has 0 radical (unpaired) electrons. The largest absolute Gasteiger partial charge is 0.348 e. The Morgan fingerprint density at radius 3 is 2.57 bits per heavy atom. The van der Waals surface area contributed by atoms with Crippen molar-refractivity contribution in [3.8, 4) is 11.1 Å². The van der Waals surface area contributed by atoms with Gasteiger partial charge in [-0.15, -0.1) is 0 Å². The summed E-state index contributed by atoms with van der Waals surface area (Å²) in [5.74, 6) is -0.823. The minimum absolute atomic E-state index is 0.0763. The molecule has 3 nitrogen and oxygen atoms in total. The highest BCUT2D eigenvalue weighted by Gasteiger charge is 2.18. The van der Waals surface area contributed by atoms with Crippen LogP contribution in [-0.2, 0) is 0 Å². The van der Waals surface area contributed by atoms with E-state index in [1.807, 2.05) is 31.2 Å². The Kier molecular flexibility index (Phi) is 4.72. The Morgan fingerprint density at radius 1 is 1.17 bits per heavy atom. The van der Waals surface area contributed by atoms with E-state index in [1.165, 1.54) is 6.07 Å². The lowest BCUT2D eigenvalue weighted by Crippen LogP contribution is -2.45. The summed E-state index contributed by atoms with van der Waals surface area (Å²) < 4.78 is 14.3. The molecule has 2 N–H and O–H groups in total. The van der Waals surface area contributed by atoms with Crippen molar-refractivity contribution in [2.24, 2.45) is 0 Å². The van der Waals surface area contributed by atoms with Gasteiger partial charge < -0.3 is 10.6 Å². The van der Waals surface area contributed by atoms with Gasteiger partial charge in [0.1, 0.15) is 5.82 Å². The predicted octanol–water partition coefficient (Wildman–Crippen LogP) is 3.28. The zero-order chi connectivity index (χ0) is 16.2. The number of aryl methyl sites for hydroxylation is 1. The van der Waals surface area contributed by atoms with Crippen molar-refractivity contribution in [1.82, 2.24) is 10.6 Å². The Balaban J connectivity index is 1.76. The van der Waals surface area contributed by atoms with Gasteiger partial charge in [-0.25, -0.2) is 4.39 Å². The summed E-state index contributed by atoms with van der Waals surface area (Å²) in [6.07, 6.45) is 1.96. The molecule has 1 fully saturated rings. The fraction of sp³-hybridized carbons (Fsp3) is 0.316. The molecule has 0 spiro atoms. The quantitative estimate of drug-likeness (QED) is 0.913. The Labute approximate surface area is 135 Å². The van der Waals surface area contributed by atoms with Gasteiger partial charge in [0.05, 0.1) is 5.56 Å². The van der Waals surface area contributed by atoms with E-state index in [-0.39, 0.29) is 17.5 Å². The maximum absolute atomic E-state index is 14.3. The number of nitrogens with one attached hydrogen (secondary N) is 2. The maximum atomic E-state index is 14.3. The van der Waals surface area contributed by atoms with Crippen LogP contribution in [0.1, 0.15) is 28.8 Å². The molecule has 1 amide bonds. The van der Waals surface area contributed by atoms with Gasteiger partial charge in [-0.2, -0.15) is 0 Å². The molecule has 2 aromatic rings. The first kappa shape index (κ1) is 15.7. The second-order valence-corrected chi connectivity index (χ2v) is 6.08. The average molecular weight is 312 g/mol. The summed E-state index contributed by atoms with van der Waals surface area (Å²) in [5.41, 5.74) is 2.98. The second kappa shape index (κ2) is 6.92. The van der Waals surface area contributed by atoms with Crippen molar-refractivity contribution in [2.75, 3.05) is 13.1 Å². The topological polar surface area (TPSA) is 41.1 Å². The van der Waals surface area contributed by atoms with Crippen molar-refractivity contribution < 1.29 is 9.18 Å². The zero-order valence-corrected chi connectivity index (χ0v) is 13.2. The standard InChI is InChI=1S/C19H21FN2O/c1-13-4-6-14(7-5-13)15-8-9-17(18(20)11-15)19(23)22-16-3-2-10-21-12-16/h4-9,11,16,21H,2-3,10,12H2,1H3,(H,22,23). The van der Waals surface area contributed by atoms with Crippen molar-refractivity contribution in [1.29, 1.82) is 0 Å². The predicted molar refractivity (Wildman–Crippen MR) is 89.9 cm³/mol. The van der Waals surface area contributed by atoms with Gasteiger partial charge in [0, 0.05) is 12.6 Å². The van der Waals surface area contributed by atoms with E-state index in [9.17, 15) is 9.18 Å². The fourth-order valence-corrected chi connectivity index (χ4v) is 2.86. The van der Waals surface area contributed by atoms with Crippen LogP contribution in [0.25, 0.3) is 11.1 Å². The number of carbonyl (C=O) groups excluding carboxylic acids is 1. The number of halogens is 1. The number of amides is 1. The molecule has 3 rings (SSSR count). The lowest BCUT2D eigenvalue weighted by atomic mass is 10.0. The molecular formula is C19H21FN2O. The van der Waals surface area contributed by atoms with Gasteiger partial charge in [0.15, 0.2) is 0 Å². The van der Waals surface area contributed by atoms with Crippen LogP contribution < -0.4 is 10.6 Å². The number of hydrogen-bond donors (Lipinski definition) is 2. The lowest BCUT2D eigenvalue weighted by Gasteiger charge is -2.23. The van der Waals surface area contributed by atoms with Gasteiger partial charge in [0.2, 0.25) is 0 Å². The summed E-state index contributed by atoms with van der Waals surface area (Å²) in [4.78, 5) is 12.2. The van der Waals surface area contributed by atoms with Crippen LogP contribution in [0, 0.1) is 12.7 Å². The molecule has 120 valence electrons. The number of benzene rings is 2. The molecule has 1 aliphatic rings. The van der Waals surface area contributed by atoms with Crippen LogP contribution in [-0.4, -0.2) is 25.0 Å². The fourth-order valence-electron chi connectivity index (χ4n) is 2.86. The van der Waals surface area contributed by atoms with Crippen molar-refractivity contribution in [3.05, 3.63) is 59.4 Å². The Hall–Kier alpha value is -2.20. The van der Waals surface area contributed by atoms with Gasteiger partial charge in [-0.3, -0.25) is 4.79 Å². The first-order valence-electron chi connectivity index (χ1n) is 8.01. The number of piperidine rings is 1. The smallest absolute Gasteiger partial charge is 0.254 e. The monoisotopic (exact) mass is 312 g/mol. The number of carbonyl (C=O) groups is 1. The van der Waals surface area contributed by atoms with E-state index < -0.39 is 5.82 Å². The molecule has 2 aromatic carbocycles. The molecule has 0 bridgehead atoms. The molecule has 0 aromatic heterocycles. The van der Waals surface area contributed by atoms with Crippen LogP contribution in [0.2, 0.25) is 0 Å². The van der Waals surface area contributed by atoms with E-state index in [1.54, 1.807) is 12.1 Å². The highest BCUT2D eigenvalue weighted by Crippen LogP contribution is 2.22. The van der Waals surface area contributed by atoms with Gasteiger partial charge in [-0.05, 0) is 49.6 Å². The molecule has 0 saturated carbocycles. The molecule has 4 heteroatoms. The first-order valence-corrected chi connectivity index (χ1v) is 8.01. The van der Waals surface area contributed by atoms with Gasteiger partial charge in [0.25, 0.3) is 5.91 Å². The van der Waals surface area contributed by atoms with Gasteiger partial charge >= 0.3 is 0 Å². The van der Waals surface area contributed by atoms with E-state index in [0.717, 1.165) is 42.6 Å². The van der Waals surface area contributed by atoms with Crippen LogP contribution in [0.4, 0.5) is 4.39 Å². The number of hydrogen-bond acceptors (Lipinski definition) is 2. The van der Waals surface area contributed by atoms with Gasteiger partial charge in [-0.1, -0.05) is 35.9 Å². The van der Waals surface area contributed by atoms with Crippen LogP contribution in [0.15, 0.2) is 42.5 Å². The Morgan fingerprint density at radius 2 is 1.91 bits per heavy atom. The summed E-state index contributed by atoms with van der Waals surface area (Å²) in [6, 6.07) is 12.8. The van der Waals surface area contributed by atoms with E-state index in [4.69, 9.17) is 0 Å². The van der Waals surface area contributed by atoms with Crippen molar-refractivity contribution in [2.45, 2.75) is 25.8 Å². The van der Waals surface area contributed by atoms with Crippen molar-refractivity contribution >= 4 is 5.91 Å². The summed E-state index contributed by atoms with van der Waals surface area (Å²) >= 11 is 0. The van der Waals surface area contributed by atoms with Crippen molar-refractivity contribution in [3.63, 3.8) is 0 Å². The van der Waals surface area contributed by atoms with E-state index >= 15 is 0 Å². The van der Waals surface area contributed by atoms with E-state index in [0.29, 0.717) is 0 Å². The summed E-state index contributed by atoms with van der Waals surface area (Å²) in [5, 5.41) is 6.13. The van der Waals surface area contributed by atoms with Crippen LogP contribution in [0.3, 0.4) is 0 Å². The molecule has 1 atom stereocenters. The average Bonchev–Trinajstić information content (AvgIpc) is 2.56. The highest BCUT2D eigenvalue weighted by atomic mass is 19.1. The Bertz CT molecular complexity index is 691. The maximum Gasteiger partial charge on any atom is 0.254 e. The van der Waals surface area contributed by atoms with E-state index in [2.05, 4.69) is 10.6 Å². The molecule has 1 saturated heterocycles. The molecule has 1 aliphatic heterocycles.